The van der Waals surface area contributed by atoms with Crippen molar-refractivity contribution in [3.8, 4) is 34.2 Å². The van der Waals surface area contributed by atoms with Gasteiger partial charge in [0.25, 0.3) is 0 Å². The highest BCUT2D eigenvalue weighted by Crippen LogP contribution is 2.35. The third kappa shape index (κ3) is 3.44. The molecule has 4 heteroatoms. The van der Waals surface area contributed by atoms with Gasteiger partial charge in [0, 0.05) is 27.5 Å². The SMILES string of the molecule is c1ccc(-c2nc(-c3ccccc3)nc(-c3ccc4oc5cc6ccccc6cc5c4c3)n2)cc1. The molecule has 0 N–H and O–H groups in total. The lowest BCUT2D eigenvalue weighted by Crippen LogP contribution is -2.00. The summed E-state index contributed by atoms with van der Waals surface area (Å²) in [5.41, 5.74) is 4.55. The van der Waals surface area contributed by atoms with Gasteiger partial charge in [-0.15, -0.1) is 0 Å². The minimum atomic E-state index is 0.634. The van der Waals surface area contributed by atoms with Crippen LogP contribution < -0.4 is 0 Å². The fourth-order valence-electron chi connectivity index (χ4n) is 4.54. The molecular formula is C31H19N3O. The molecule has 0 aliphatic carbocycles. The smallest absolute Gasteiger partial charge is 0.164 e. The summed E-state index contributed by atoms with van der Waals surface area (Å²) in [6.07, 6.45) is 0. The Labute approximate surface area is 201 Å². The van der Waals surface area contributed by atoms with Crippen LogP contribution in [0, 0.1) is 0 Å². The summed E-state index contributed by atoms with van der Waals surface area (Å²) in [5.74, 6) is 1.94. The van der Waals surface area contributed by atoms with Gasteiger partial charge in [-0.3, -0.25) is 0 Å². The standard InChI is InChI=1S/C31H19N3O/c1-3-9-20(10-4-1)29-32-30(21-11-5-2-6-12-21)34-31(33-29)24-15-16-27-25(18-24)26-17-22-13-7-8-14-23(22)19-28(26)35-27/h1-19H. The Morgan fingerprint density at radius 2 is 0.914 bits per heavy atom. The Balaban J connectivity index is 1.45. The first kappa shape index (κ1) is 19.6. The molecule has 0 unspecified atom stereocenters. The second-order valence-corrected chi connectivity index (χ2v) is 8.55. The van der Waals surface area contributed by atoms with Gasteiger partial charge in [-0.1, -0.05) is 84.9 Å². The number of aromatic nitrogens is 3. The number of fused-ring (bicyclic) bond motifs is 4. The monoisotopic (exact) mass is 449 g/mol. The van der Waals surface area contributed by atoms with Crippen molar-refractivity contribution in [3.63, 3.8) is 0 Å². The Bertz CT molecular complexity index is 1780. The lowest BCUT2D eigenvalue weighted by atomic mass is 10.0. The molecule has 0 radical (unpaired) electrons. The number of hydrogen-bond acceptors (Lipinski definition) is 4. The molecule has 0 amide bonds. The van der Waals surface area contributed by atoms with E-state index in [0.29, 0.717) is 17.5 Å². The maximum absolute atomic E-state index is 6.18. The molecule has 2 aromatic heterocycles. The Morgan fingerprint density at radius 1 is 0.400 bits per heavy atom. The first-order valence-corrected chi connectivity index (χ1v) is 11.5. The van der Waals surface area contributed by atoms with E-state index in [2.05, 4.69) is 36.4 Å². The van der Waals surface area contributed by atoms with Gasteiger partial charge in [-0.2, -0.15) is 0 Å². The largest absolute Gasteiger partial charge is 0.456 e. The van der Waals surface area contributed by atoms with Crippen LogP contribution in [0.5, 0.6) is 0 Å². The van der Waals surface area contributed by atoms with Crippen molar-refractivity contribution in [1.29, 1.82) is 0 Å². The normalized spacial score (nSPS) is 11.4. The van der Waals surface area contributed by atoms with E-state index in [1.54, 1.807) is 0 Å². The van der Waals surface area contributed by atoms with Crippen LogP contribution >= 0.6 is 0 Å². The van der Waals surface area contributed by atoms with Crippen LogP contribution in [0.25, 0.3) is 66.9 Å². The van der Waals surface area contributed by atoms with Crippen molar-refractivity contribution in [3.05, 3.63) is 115 Å². The number of benzene rings is 5. The minimum absolute atomic E-state index is 0.634. The van der Waals surface area contributed by atoms with Crippen molar-refractivity contribution in [1.82, 2.24) is 15.0 Å². The highest BCUT2D eigenvalue weighted by molar-refractivity contribution is 6.10. The molecule has 0 aliphatic rings. The molecule has 0 saturated carbocycles. The van der Waals surface area contributed by atoms with Crippen molar-refractivity contribution in [2.75, 3.05) is 0 Å². The van der Waals surface area contributed by atoms with E-state index in [1.165, 1.54) is 5.39 Å². The zero-order valence-electron chi connectivity index (χ0n) is 18.7. The summed E-state index contributed by atoms with van der Waals surface area (Å²) in [5, 5.41) is 4.48. The molecule has 164 valence electrons. The zero-order valence-corrected chi connectivity index (χ0v) is 18.7. The Kier molecular flexibility index (Phi) is 4.42. The minimum Gasteiger partial charge on any atom is -0.456 e. The number of furan rings is 1. The van der Waals surface area contributed by atoms with E-state index in [1.807, 2.05) is 78.9 Å². The van der Waals surface area contributed by atoms with Gasteiger partial charge in [0.15, 0.2) is 17.5 Å². The average molecular weight is 450 g/mol. The fraction of sp³-hybridized carbons (Fsp3) is 0. The van der Waals surface area contributed by atoms with E-state index < -0.39 is 0 Å². The molecule has 7 aromatic rings. The molecule has 35 heavy (non-hydrogen) atoms. The van der Waals surface area contributed by atoms with Gasteiger partial charge < -0.3 is 4.42 Å². The maximum atomic E-state index is 6.18. The summed E-state index contributed by atoms with van der Waals surface area (Å²) >= 11 is 0. The van der Waals surface area contributed by atoms with E-state index >= 15 is 0 Å². The molecule has 0 fully saturated rings. The maximum Gasteiger partial charge on any atom is 0.164 e. The number of nitrogens with zero attached hydrogens (tertiary/aromatic N) is 3. The number of rotatable bonds is 3. The van der Waals surface area contributed by atoms with E-state index in [0.717, 1.165) is 44.0 Å². The highest BCUT2D eigenvalue weighted by atomic mass is 16.3. The topological polar surface area (TPSA) is 51.8 Å². The summed E-state index contributed by atoms with van der Waals surface area (Å²) in [4.78, 5) is 14.5. The van der Waals surface area contributed by atoms with E-state index in [9.17, 15) is 0 Å². The first-order valence-electron chi connectivity index (χ1n) is 11.5. The van der Waals surface area contributed by atoms with Crippen LogP contribution in [0.2, 0.25) is 0 Å². The molecular weight excluding hydrogens is 430 g/mol. The summed E-state index contributed by atoms with van der Waals surface area (Å²) in [7, 11) is 0. The van der Waals surface area contributed by atoms with Crippen molar-refractivity contribution in [2.45, 2.75) is 0 Å². The van der Waals surface area contributed by atoms with E-state index in [-0.39, 0.29) is 0 Å². The van der Waals surface area contributed by atoms with Gasteiger partial charge in [0.05, 0.1) is 0 Å². The molecule has 0 atom stereocenters. The Morgan fingerprint density at radius 3 is 1.54 bits per heavy atom. The fourth-order valence-corrected chi connectivity index (χ4v) is 4.54. The highest BCUT2D eigenvalue weighted by Gasteiger charge is 2.14. The van der Waals surface area contributed by atoms with Gasteiger partial charge in [-0.05, 0) is 41.1 Å². The molecule has 5 aromatic carbocycles. The van der Waals surface area contributed by atoms with Crippen LogP contribution in [-0.4, -0.2) is 15.0 Å². The average Bonchev–Trinajstić information content (AvgIpc) is 3.29. The molecule has 4 nitrogen and oxygen atoms in total. The zero-order chi connectivity index (χ0) is 23.2. The third-order valence-electron chi connectivity index (χ3n) is 6.30. The predicted molar refractivity (Wildman–Crippen MR) is 141 cm³/mol. The third-order valence-corrected chi connectivity index (χ3v) is 6.30. The van der Waals surface area contributed by atoms with Crippen molar-refractivity contribution < 1.29 is 4.42 Å². The van der Waals surface area contributed by atoms with Crippen molar-refractivity contribution in [2.24, 2.45) is 0 Å². The quantitative estimate of drug-likeness (QED) is 0.275. The van der Waals surface area contributed by atoms with Crippen LogP contribution in [0.15, 0.2) is 120 Å². The van der Waals surface area contributed by atoms with Crippen LogP contribution in [0.3, 0.4) is 0 Å². The van der Waals surface area contributed by atoms with Crippen LogP contribution in [-0.2, 0) is 0 Å². The Hall–Kier alpha value is -4.83. The second-order valence-electron chi connectivity index (χ2n) is 8.55. The molecule has 7 rings (SSSR count). The number of hydrogen-bond donors (Lipinski definition) is 0. The first-order chi connectivity index (χ1) is 17.3. The molecule has 2 heterocycles. The summed E-state index contributed by atoms with van der Waals surface area (Å²) in [6, 6.07) is 38.8. The molecule has 0 bridgehead atoms. The predicted octanol–water partition coefficient (Wildman–Crippen LogP) is 7.93. The molecule has 0 spiro atoms. The summed E-state index contributed by atoms with van der Waals surface area (Å²) in [6.45, 7) is 0. The van der Waals surface area contributed by atoms with Gasteiger partial charge >= 0.3 is 0 Å². The van der Waals surface area contributed by atoms with Gasteiger partial charge in [-0.25, -0.2) is 15.0 Å². The lowest BCUT2D eigenvalue weighted by molar-refractivity contribution is 0.669. The second kappa shape index (κ2) is 7.89. The van der Waals surface area contributed by atoms with Crippen molar-refractivity contribution >= 4 is 32.7 Å². The molecule has 0 aliphatic heterocycles. The van der Waals surface area contributed by atoms with Gasteiger partial charge in [0.2, 0.25) is 0 Å². The van der Waals surface area contributed by atoms with Gasteiger partial charge in [0.1, 0.15) is 11.2 Å². The lowest BCUT2D eigenvalue weighted by Gasteiger charge is -2.08. The van der Waals surface area contributed by atoms with Crippen LogP contribution in [0.1, 0.15) is 0 Å². The summed E-state index contributed by atoms with van der Waals surface area (Å²) < 4.78 is 6.18. The molecule has 0 saturated heterocycles. The van der Waals surface area contributed by atoms with Crippen LogP contribution in [0.4, 0.5) is 0 Å². The van der Waals surface area contributed by atoms with E-state index in [4.69, 9.17) is 19.4 Å².